The summed E-state index contributed by atoms with van der Waals surface area (Å²) in [4.78, 5) is 0. The van der Waals surface area contributed by atoms with E-state index in [0.29, 0.717) is 0 Å². The van der Waals surface area contributed by atoms with E-state index in [1.165, 1.54) is 0 Å². The Bertz CT molecular complexity index is 84.2. The lowest BCUT2D eigenvalue weighted by molar-refractivity contribution is 1.01. The summed E-state index contributed by atoms with van der Waals surface area (Å²) in [6, 6.07) is 0. The second-order valence-electron chi connectivity index (χ2n) is 1.06. The van der Waals surface area contributed by atoms with Crippen LogP contribution in [0.1, 0.15) is 12.8 Å². The number of hydrogen-bond acceptors (Lipinski definition) is 0. The van der Waals surface area contributed by atoms with Crippen molar-refractivity contribution in [3.05, 3.63) is 0 Å². The van der Waals surface area contributed by atoms with E-state index < -0.39 is 0 Å². The molecule has 0 heterocycles. The van der Waals surface area contributed by atoms with E-state index in [-0.39, 0.29) is 23.1 Å². The van der Waals surface area contributed by atoms with Crippen LogP contribution in [0.2, 0.25) is 0 Å². The van der Waals surface area contributed by atoms with Gasteiger partial charge in [-0.2, -0.15) is 0 Å². The molecule has 0 aromatic rings. The van der Waals surface area contributed by atoms with Crippen LogP contribution in [-0.2, 0) is 0 Å². The van der Waals surface area contributed by atoms with Gasteiger partial charge >= 0.3 is 23.1 Å². The highest BCUT2D eigenvalue weighted by molar-refractivity contribution is 9.09. The number of rotatable bonds is 2. The van der Waals surface area contributed by atoms with Crippen molar-refractivity contribution in [2.75, 3.05) is 5.33 Å². The fourth-order valence-corrected chi connectivity index (χ4v) is 0.577. The Kier molecular flexibility index (Phi) is 16.2. The Morgan fingerprint density at radius 1 is 1.50 bits per heavy atom. The Hall–Kier alpha value is 1.10. The highest BCUT2D eigenvalue weighted by Crippen LogP contribution is 1.90. The van der Waals surface area contributed by atoms with Crippen LogP contribution in [0.5, 0.6) is 0 Å². The van der Waals surface area contributed by atoms with Gasteiger partial charge in [0.2, 0.25) is 0 Å². The van der Waals surface area contributed by atoms with Crippen molar-refractivity contribution in [1.82, 2.24) is 0 Å². The zero-order valence-corrected chi connectivity index (χ0v) is 6.22. The Balaban J connectivity index is 0. The van der Waals surface area contributed by atoms with Crippen LogP contribution in [0.15, 0.2) is 0 Å². The zero-order chi connectivity index (χ0) is 5.54. The Labute approximate surface area is 79.6 Å². The molecule has 0 spiro atoms. The molecule has 8 heavy (non-hydrogen) atoms. The van der Waals surface area contributed by atoms with E-state index in [1.807, 2.05) is 0 Å². The lowest BCUT2D eigenvalue weighted by atomic mass is 10.4. The second kappa shape index (κ2) is 11.0. The largest absolute Gasteiger partial charge is 0.316 e. The molecular weight excluding hydrogens is 200 g/mol. The minimum atomic E-state index is 0. The molecule has 0 amide bonds. The maximum Gasteiger partial charge on any atom is 0.316 e. The Morgan fingerprint density at radius 3 is 2.50 bits per heavy atom. The SMILES string of the molecule is ClC#CCCCBr.[MgH2]. The summed E-state index contributed by atoms with van der Waals surface area (Å²) in [6.45, 7) is 0. The van der Waals surface area contributed by atoms with Crippen LogP contribution >= 0.6 is 27.5 Å². The average Bonchev–Trinajstić information content (AvgIpc) is 1.69. The summed E-state index contributed by atoms with van der Waals surface area (Å²) in [6.07, 6.45) is 1.98. The summed E-state index contributed by atoms with van der Waals surface area (Å²) < 4.78 is 0. The molecule has 0 aromatic heterocycles. The molecule has 3 heteroatoms. The van der Waals surface area contributed by atoms with Crippen LogP contribution in [0.3, 0.4) is 0 Å². The van der Waals surface area contributed by atoms with Crippen LogP contribution < -0.4 is 0 Å². The minimum Gasteiger partial charge on any atom is -0.0928 e. The maximum absolute atomic E-state index is 5.06. The van der Waals surface area contributed by atoms with E-state index in [4.69, 9.17) is 11.6 Å². The van der Waals surface area contributed by atoms with Crippen LogP contribution in [0.25, 0.3) is 0 Å². The number of hydrogen-bond donors (Lipinski definition) is 0. The monoisotopic (exact) mass is 206 g/mol. The van der Waals surface area contributed by atoms with Gasteiger partial charge in [-0.25, -0.2) is 0 Å². The van der Waals surface area contributed by atoms with E-state index in [0.717, 1.165) is 18.2 Å². The molecule has 0 unspecified atom stereocenters. The first-order chi connectivity index (χ1) is 3.41. The normalized spacial score (nSPS) is 6.25. The molecule has 0 bridgehead atoms. The van der Waals surface area contributed by atoms with Crippen molar-refractivity contribution in [3.8, 4) is 11.3 Å². The van der Waals surface area contributed by atoms with Crippen molar-refractivity contribution >= 4 is 50.6 Å². The Morgan fingerprint density at radius 2 is 2.12 bits per heavy atom. The molecular formula is C5H8BrClMg. The van der Waals surface area contributed by atoms with Crippen molar-refractivity contribution < 1.29 is 0 Å². The van der Waals surface area contributed by atoms with Crippen molar-refractivity contribution in [1.29, 1.82) is 0 Å². The fraction of sp³-hybridized carbons (Fsp3) is 0.600. The third kappa shape index (κ3) is 10.2. The van der Waals surface area contributed by atoms with E-state index in [9.17, 15) is 0 Å². The molecule has 0 aliphatic carbocycles. The molecule has 0 radical (unpaired) electrons. The molecule has 0 N–H and O–H groups in total. The van der Waals surface area contributed by atoms with Gasteiger partial charge in [0, 0.05) is 17.1 Å². The predicted molar refractivity (Wildman–Crippen MR) is 45.2 cm³/mol. The van der Waals surface area contributed by atoms with Crippen molar-refractivity contribution in [2.45, 2.75) is 12.8 Å². The molecule has 0 atom stereocenters. The first kappa shape index (κ1) is 11.8. The van der Waals surface area contributed by atoms with Crippen molar-refractivity contribution in [3.63, 3.8) is 0 Å². The van der Waals surface area contributed by atoms with Crippen molar-refractivity contribution in [2.24, 2.45) is 0 Å². The smallest absolute Gasteiger partial charge is 0.0928 e. The molecule has 0 nitrogen and oxygen atoms in total. The van der Waals surface area contributed by atoms with Crippen LogP contribution in [-0.4, -0.2) is 28.4 Å². The van der Waals surface area contributed by atoms with E-state index in [2.05, 4.69) is 27.2 Å². The third-order valence-corrected chi connectivity index (χ3v) is 1.20. The molecule has 44 valence electrons. The zero-order valence-electron chi connectivity index (χ0n) is 3.88. The molecule has 0 aliphatic heterocycles. The molecule has 0 saturated carbocycles. The summed E-state index contributed by atoms with van der Waals surface area (Å²) in [7, 11) is 0. The lowest BCUT2D eigenvalue weighted by Gasteiger charge is -1.78. The minimum absolute atomic E-state index is 0. The van der Waals surface area contributed by atoms with E-state index in [1.54, 1.807) is 0 Å². The maximum atomic E-state index is 5.06. The standard InChI is InChI=1S/C5H6BrCl.Mg.2H/c6-4-2-1-3-5-7;;;/h1-2,4H2;;;. The van der Waals surface area contributed by atoms with Gasteiger partial charge < -0.3 is 0 Å². The number of unbranched alkanes of at least 4 members (excludes halogenated alkanes) is 1. The summed E-state index contributed by atoms with van der Waals surface area (Å²) in [5.74, 6) is 2.73. The van der Waals surface area contributed by atoms with Gasteiger partial charge in [-0.05, 0) is 18.0 Å². The molecule has 0 fully saturated rings. The average molecular weight is 208 g/mol. The number of alkyl halides is 1. The summed E-state index contributed by atoms with van der Waals surface area (Å²) >= 11 is 8.33. The molecule has 0 aromatic carbocycles. The number of halogens is 2. The third-order valence-electron chi connectivity index (χ3n) is 0.502. The predicted octanol–water partition coefficient (Wildman–Crippen LogP) is 1.45. The topological polar surface area (TPSA) is 0 Å². The van der Waals surface area contributed by atoms with Gasteiger partial charge in [0.1, 0.15) is 0 Å². The van der Waals surface area contributed by atoms with Gasteiger partial charge in [0.05, 0.1) is 0 Å². The molecule has 0 saturated heterocycles. The van der Waals surface area contributed by atoms with E-state index >= 15 is 0 Å². The highest BCUT2D eigenvalue weighted by atomic mass is 79.9. The van der Waals surface area contributed by atoms with Crippen LogP contribution in [0, 0.1) is 11.3 Å². The molecule has 0 rings (SSSR count). The van der Waals surface area contributed by atoms with Gasteiger partial charge in [0.25, 0.3) is 0 Å². The quantitative estimate of drug-likeness (QED) is 0.278. The van der Waals surface area contributed by atoms with Gasteiger partial charge in [-0.3, -0.25) is 0 Å². The van der Waals surface area contributed by atoms with Gasteiger partial charge in [-0.15, -0.1) is 0 Å². The first-order valence-corrected chi connectivity index (χ1v) is 3.56. The lowest BCUT2D eigenvalue weighted by Crippen LogP contribution is -1.68. The molecule has 0 aliphatic rings. The fourth-order valence-electron chi connectivity index (χ4n) is 0.202. The highest BCUT2D eigenvalue weighted by Gasteiger charge is 1.74. The first-order valence-electron chi connectivity index (χ1n) is 2.06. The summed E-state index contributed by atoms with van der Waals surface area (Å²) in [5.41, 5.74) is 0. The van der Waals surface area contributed by atoms with Crippen LogP contribution in [0.4, 0.5) is 0 Å². The second-order valence-corrected chi connectivity index (χ2v) is 2.05. The van der Waals surface area contributed by atoms with Gasteiger partial charge in [-0.1, -0.05) is 21.9 Å². The van der Waals surface area contributed by atoms with Gasteiger partial charge in [0.15, 0.2) is 0 Å². The summed E-state index contributed by atoms with van der Waals surface area (Å²) in [5, 5.41) is 3.32.